The number of carbonyl (C=O) groups excluding carboxylic acids is 1. The number of nitrogen functional groups attached to an aromatic ring is 1. The van der Waals surface area contributed by atoms with Crippen molar-refractivity contribution >= 4 is 22.6 Å². The summed E-state index contributed by atoms with van der Waals surface area (Å²) in [6.45, 7) is 0. The van der Waals surface area contributed by atoms with Gasteiger partial charge in [-0.05, 0) is 55.2 Å². The van der Waals surface area contributed by atoms with Gasteiger partial charge in [-0.1, -0.05) is 18.2 Å². The Labute approximate surface area is 207 Å². The molecule has 4 heterocycles. The number of fused-ring (bicyclic) bond motifs is 2. The van der Waals surface area contributed by atoms with E-state index < -0.39 is 0 Å². The number of anilines is 1. The molecule has 1 amide bonds. The highest BCUT2D eigenvalue weighted by atomic mass is 16.2. The number of aromatic nitrogens is 6. The van der Waals surface area contributed by atoms with Gasteiger partial charge in [0.05, 0.1) is 22.9 Å². The van der Waals surface area contributed by atoms with Crippen LogP contribution in [0.15, 0.2) is 67.1 Å². The summed E-state index contributed by atoms with van der Waals surface area (Å²) in [5.41, 5.74) is 11.8. The van der Waals surface area contributed by atoms with E-state index in [1.54, 1.807) is 17.1 Å². The van der Waals surface area contributed by atoms with Gasteiger partial charge in [-0.25, -0.2) is 9.97 Å². The van der Waals surface area contributed by atoms with Crippen molar-refractivity contribution in [3.05, 3.63) is 84.1 Å². The largest absolute Gasteiger partial charge is 0.382 e. The van der Waals surface area contributed by atoms with Crippen LogP contribution in [-0.4, -0.2) is 35.6 Å². The molecule has 0 bridgehead atoms. The van der Waals surface area contributed by atoms with Crippen molar-refractivity contribution in [2.45, 2.75) is 25.3 Å². The van der Waals surface area contributed by atoms with E-state index in [2.05, 4.69) is 31.4 Å². The molecule has 0 saturated heterocycles. The van der Waals surface area contributed by atoms with Crippen LogP contribution in [0.4, 0.5) is 5.82 Å². The highest BCUT2D eigenvalue weighted by Crippen LogP contribution is 2.32. The Morgan fingerprint density at radius 2 is 1.92 bits per heavy atom. The molecule has 0 saturated carbocycles. The second-order valence-corrected chi connectivity index (χ2v) is 8.91. The van der Waals surface area contributed by atoms with Gasteiger partial charge in [-0.2, -0.15) is 5.10 Å². The number of rotatable bonds is 4. The number of pyridine rings is 2. The maximum atomic E-state index is 13.4. The lowest BCUT2D eigenvalue weighted by molar-refractivity contribution is 0.0927. The van der Waals surface area contributed by atoms with Crippen LogP contribution >= 0.6 is 0 Å². The van der Waals surface area contributed by atoms with Gasteiger partial charge in [0.2, 0.25) is 0 Å². The molecule has 0 spiro atoms. The highest BCUT2D eigenvalue weighted by molar-refractivity contribution is 5.98. The van der Waals surface area contributed by atoms with Gasteiger partial charge in [0.15, 0.2) is 11.5 Å². The van der Waals surface area contributed by atoms with Crippen molar-refractivity contribution in [2.75, 3.05) is 5.73 Å². The predicted octanol–water partition coefficient (Wildman–Crippen LogP) is 3.88. The number of carbonyl (C=O) groups is 1. The fourth-order valence-electron chi connectivity index (χ4n) is 4.74. The molecule has 1 unspecified atom stereocenters. The number of benzene rings is 1. The minimum atomic E-state index is -0.375. The van der Waals surface area contributed by atoms with E-state index in [0.717, 1.165) is 47.0 Å². The van der Waals surface area contributed by atoms with E-state index in [1.807, 2.05) is 55.7 Å². The van der Waals surface area contributed by atoms with Crippen LogP contribution in [0.2, 0.25) is 0 Å². The summed E-state index contributed by atoms with van der Waals surface area (Å²) in [7, 11) is 1.83. The topological polar surface area (TPSA) is 124 Å². The first kappa shape index (κ1) is 21.8. The Morgan fingerprint density at radius 3 is 2.78 bits per heavy atom. The average Bonchev–Trinajstić information content (AvgIpc) is 3.34. The van der Waals surface area contributed by atoms with Crippen LogP contribution in [0.1, 0.15) is 40.6 Å². The number of hydrogen-bond acceptors (Lipinski definition) is 7. The molecule has 1 atom stereocenters. The number of hydrogen-bond donors (Lipinski definition) is 2. The summed E-state index contributed by atoms with van der Waals surface area (Å²) in [5.74, 6) is -0.323. The summed E-state index contributed by atoms with van der Waals surface area (Å²) < 4.78 is 1.69. The highest BCUT2D eigenvalue weighted by Gasteiger charge is 2.26. The standard InChI is InChI=1S/C27H24N8O/c1-35-14-11-21(34-35)24-23(18-9-10-19-17(15-18)7-4-12-29-19)32-25(26(28)33-24)27(36)31-20-8-2-5-16-6-3-13-30-22(16)20/h3-4,6-7,9-15,20H,2,5,8H2,1H3,(H2,28,33)(H,31,36). The van der Waals surface area contributed by atoms with Crippen LogP contribution in [0.5, 0.6) is 0 Å². The molecule has 3 N–H and O–H groups in total. The first-order chi connectivity index (χ1) is 17.6. The van der Waals surface area contributed by atoms with Gasteiger partial charge >= 0.3 is 0 Å². The smallest absolute Gasteiger partial charge is 0.274 e. The quantitative estimate of drug-likeness (QED) is 0.403. The van der Waals surface area contributed by atoms with E-state index in [-0.39, 0.29) is 23.5 Å². The van der Waals surface area contributed by atoms with Crippen LogP contribution < -0.4 is 11.1 Å². The first-order valence-electron chi connectivity index (χ1n) is 11.8. The van der Waals surface area contributed by atoms with E-state index in [4.69, 9.17) is 10.7 Å². The third-order valence-corrected chi connectivity index (χ3v) is 6.47. The number of nitrogens with one attached hydrogen (secondary N) is 1. The molecule has 178 valence electrons. The van der Waals surface area contributed by atoms with E-state index in [0.29, 0.717) is 17.1 Å². The molecule has 1 aliphatic rings. The van der Waals surface area contributed by atoms with E-state index in [1.165, 1.54) is 0 Å². The monoisotopic (exact) mass is 476 g/mol. The lowest BCUT2D eigenvalue weighted by Crippen LogP contribution is -2.33. The summed E-state index contributed by atoms with van der Waals surface area (Å²) >= 11 is 0. The molecule has 9 heteroatoms. The maximum absolute atomic E-state index is 13.4. The Morgan fingerprint density at radius 1 is 1.06 bits per heavy atom. The fourth-order valence-corrected chi connectivity index (χ4v) is 4.74. The number of nitrogens with zero attached hydrogens (tertiary/aromatic N) is 6. The molecule has 0 radical (unpaired) electrons. The van der Waals surface area contributed by atoms with Crippen molar-refractivity contribution in [1.29, 1.82) is 0 Å². The van der Waals surface area contributed by atoms with Crippen molar-refractivity contribution < 1.29 is 4.79 Å². The zero-order chi connectivity index (χ0) is 24.6. The van der Waals surface area contributed by atoms with Gasteiger partial charge in [0.1, 0.15) is 11.4 Å². The molecular weight excluding hydrogens is 452 g/mol. The zero-order valence-electron chi connectivity index (χ0n) is 19.7. The molecule has 5 aromatic rings. The normalized spacial score (nSPS) is 15.0. The minimum Gasteiger partial charge on any atom is -0.382 e. The summed E-state index contributed by atoms with van der Waals surface area (Å²) in [5, 5.41) is 8.55. The molecule has 0 fully saturated rings. The van der Waals surface area contributed by atoms with Gasteiger partial charge in [-0.3, -0.25) is 19.4 Å². The third-order valence-electron chi connectivity index (χ3n) is 6.47. The van der Waals surface area contributed by atoms with Crippen LogP contribution in [0.25, 0.3) is 33.5 Å². The molecule has 9 nitrogen and oxygen atoms in total. The van der Waals surface area contributed by atoms with Gasteiger partial charge < -0.3 is 11.1 Å². The van der Waals surface area contributed by atoms with Gasteiger partial charge in [0.25, 0.3) is 5.91 Å². The summed E-state index contributed by atoms with van der Waals surface area (Å²) in [6.07, 6.45) is 8.07. The number of aryl methyl sites for hydroxylation is 2. The van der Waals surface area contributed by atoms with Crippen LogP contribution in [0, 0.1) is 0 Å². The van der Waals surface area contributed by atoms with Gasteiger partial charge in [0, 0.05) is 36.6 Å². The van der Waals surface area contributed by atoms with E-state index in [9.17, 15) is 4.79 Å². The maximum Gasteiger partial charge on any atom is 0.274 e. The van der Waals surface area contributed by atoms with Crippen LogP contribution in [-0.2, 0) is 13.5 Å². The Bertz CT molecular complexity index is 1610. The molecule has 1 aliphatic carbocycles. The molecule has 6 rings (SSSR count). The lowest BCUT2D eigenvalue weighted by atomic mass is 9.92. The van der Waals surface area contributed by atoms with Crippen molar-refractivity contribution in [3.8, 4) is 22.6 Å². The van der Waals surface area contributed by atoms with Gasteiger partial charge in [-0.15, -0.1) is 0 Å². The summed E-state index contributed by atoms with van der Waals surface area (Å²) in [6, 6.07) is 15.3. The summed E-state index contributed by atoms with van der Waals surface area (Å²) in [4.78, 5) is 31.7. The van der Waals surface area contributed by atoms with E-state index >= 15 is 0 Å². The molecule has 1 aromatic carbocycles. The lowest BCUT2D eigenvalue weighted by Gasteiger charge is -2.25. The third kappa shape index (κ3) is 3.94. The van der Waals surface area contributed by atoms with Crippen LogP contribution in [0.3, 0.4) is 0 Å². The molecule has 4 aromatic heterocycles. The fraction of sp³-hybridized carbons (Fsp3) is 0.185. The number of amides is 1. The Hall–Kier alpha value is -4.66. The second-order valence-electron chi connectivity index (χ2n) is 8.91. The predicted molar refractivity (Wildman–Crippen MR) is 137 cm³/mol. The zero-order valence-corrected chi connectivity index (χ0v) is 19.7. The van der Waals surface area contributed by atoms with Crippen molar-refractivity contribution in [1.82, 2.24) is 35.0 Å². The Balaban J connectivity index is 1.44. The molecular formula is C27H24N8O. The Kier molecular flexibility index (Phi) is 5.37. The molecule has 0 aliphatic heterocycles. The van der Waals surface area contributed by atoms with Crippen molar-refractivity contribution in [3.63, 3.8) is 0 Å². The first-order valence-corrected chi connectivity index (χ1v) is 11.8. The SMILES string of the molecule is Cn1ccc(-c2nc(N)c(C(=O)NC3CCCc4cccnc43)nc2-c2ccc3ncccc3c2)n1. The molecule has 36 heavy (non-hydrogen) atoms. The van der Waals surface area contributed by atoms with Crippen molar-refractivity contribution in [2.24, 2.45) is 7.05 Å². The minimum absolute atomic E-state index is 0.0522. The second kappa shape index (κ2) is 8.84. The number of nitrogens with two attached hydrogens (primary N) is 1. The average molecular weight is 477 g/mol.